The smallest absolute Gasteiger partial charge is 0.234 e. The Balaban J connectivity index is 1.40. The van der Waals surface area contributed by atoms with E-state index in [4.69, 9.17) is 14.5 Å². The molecular formula is C25H19F2N3O3S. The molecule has 0 unspecified atom stereocenters. The van der Waals surface area contributed by atoms with Crippen LogP contribution >= 0.6 is 11.8 Å². The molecule has 0 fully saturated rings. The number of carbonyl (C=O) groups excluding carboxylic acids is 1. The lowest BCUT2D eigenvalue weighted by molar-refractivity contribution is -0.113. The summed E-state index contributed by atoms with van der Waals surface area (Å²) in [5.41, 5.74) is 3.48. The van der Waals surface area contributed by atoms with Gasteiger partial charge in [0.05, 0.1) is 17.1 Å². The fourth-order valence-corrected chi connectivity index (χ4v) is 4.25. The number of halogens is 2. The minimum Gasteiger partial charge on any atom is -0.454 e. The van der Waals surface area contributed by atoms with Gasteiger partial charge in [-0.25, -0.2) is 13.8 Å². The molecule has 4 aromatic rings. The Bertz CT molecular complexity index is 1370. The number of carbonyl (C=O) groups is 1. The molecule has 6 nitrogen and oxygen atoms in total. The molecule has 1 aliphatic rings. The zero-order valence-electron chi connectivity index (χ0n) is 18.0. The number of nitrogens with one attached hydrogen (secondary N) is 1. The van der Waals surface area contributed by atoms with Gasteiger partial charge in [-0.15, -0.1) is 0 Å². The molecule has 3 aromatic carbocycles. The van der Waals surface area contributed by atoms with Crippen LogP contribution in [0.15, 0.2) is 72.0 Å². The van der Waals surface area contributed by atoms with E-state index in [0.29, 0.717) is 22.3 Å². The van der Waals surface area contributed by atoms with Gasteiger partial charge in [0.2, 0.25) is 12.7 Å². The third kappa shape index (κ3) is 4.60. The molecule has 0 saturated heterocycles. The number of rotatable bonds is 6. The van der Waals surface area contributed by atoms with Crippen LogP contribution in [0.25, 0.3) is 16.9 Å². The van der Waals surface area contributed by atoms with Gasteiger partial charge in [0.25, 0.3) is 0 Å². The predicted molar refractivity (Wildman–Crippen MR) is 126 cm³/mol. The van der Waals surface area contributed by atoms with Crippen molar-refractivity contribution in [1.82, 2.24) is 9.55 Å². The second-order valence-corrected chi connectivity index (χ2v) is 8.59. The van der Waals surface area contributed by atoms with E-state index >= 15 is 0 Å². The fourth-order valence-electron chi connectivity index (χ4n) is 3.46. The van der Waals surface area contributed by atoms with Crippen LogP contribution in [0.3, 0.4) is 0 Å². The monoisotopic (exact) mass is 479 g/mol. The van der Waals surface area contributed by atoms with Crippen molar-refractivity contribution in [3.8, 4) is 28.4 Å². The third-order valence-corrected chi connectivity index (χ3v) is 6.14. The first-order valence-electron chi connectivity index (χ1n) is 10.4. The average Bonchev–Trinajstić information content (AvgIpc) is 3.47. The summed E-state index contributed by atoms with van der Waals surface area (Å²) < 4.78 is 39.8. The minimum atomic E-state index is -0.829. The van der Waals surface area contributed by atoms with E-state index in [1.165, 1.54) is 17.8 Å². The van der Waals surface area contributed by atoms with Gasteiger partial charge in [-0.1, -0.05) is 29.5 Å². The Morgan fingerprint density at radius 3 is 2.65 bits per heavy atom. The van der Waals surface area contributed by atoms with E-state index in [9.17, 15) is 13.6 Å². The molecule has 0 saturated carbocycles. The standard InChI is InChI=1S/C25H19F2N3O3S/c1-15-2-6-18(7-3-15)30-12-21(16-4-9-22-23(10-16)33-14-32-22)29-25(30)34-13-24(31)28-20-8-5-17(26)11-19(20)27/h2-12H,13-14H2,1H3,(H,28,31). The van der Waals surface area contributed by atoms with Crippen LogP contribution in [-0.4, -0.2) is 28.0 Å². The third-order valence-electron chi connectivity index (χ3n) is 5.19. The zero-order valence-corrected chi connectivity index (χ0v) is 18.9. The van der Waals surface area contributed by atoms with Crippen LogP contribution in [0.5, 0.6) is 11.5 Å². The predicted octanol–water partition coefficient (Wildman–Crippen LogP) is 5.59. The van der Waals surface area contributed by atoms with Crippen molar-refractivity contribution in [2.45, 2.75) is 12.1 Å². The number of ether oxygens (including phenoxy) is 2. The zero-order chi connectivity index (χ0) is 23.7. The largest absolute Gasteiger partial charge is 0.454 e. The number of aromatic nitrogens is 2. The lowest BCUT2D eigenvalue weighted by atomic mass is 10.1. The topological polar surface area (TPSA) is 65.4 Å². The van der Waals surface area contributed by atoms with Crippen molar-refractivity contribution in [2.75, 3.05) is 17.9 Å². The van der Waals surface area contributed by atoms with Crippen LogP contribution in [0.4, 0.5) is 14.5 Å². The maximum Gasteiger partial charge on any atom is 0.234 e. The van der Waals surface area contributed by atoms with Crippen molar-refractivity contribution in [2.24, 2.45) is 0 Å². The van der Waals surface area contributed by atoms with Crippen LogP contribution in [0.2, 0.25) is 0 Å². The number of hydrogen-bond acceptors (Lipinski definition) is 5. The molecule has 1 aromatic heterocycles. The first kappa shape index (κ1) is 22.0. The molecule has 1 amide bonds. The Labute approximate surface area is 198 Å². The molecule has 1 aliphatic heterocycles. The summed E-state index contributed by atoms with van der Waals surface area (Å²) in [6.07, 6.45) is 1.89. The lowest BCUT2D eigenvalue weighted by Gasteiger charge is -2.09. The molecule has 0 aliphatic carbocycles. The van der Waals surface area contributed by atoms with Crippen molar-refractivity contribution in [1.29, 1.82) is 0 Å². The number of aryl methyl sites for hydroxylation is 1. The summed E-state index contributed by atoms with van der Waals surface area (Å²) in [6.45, 7) is 2.19. The van der Waals surface area contributed by atoms with Crippen molar-refractivity contribution >= 4 is 23.4 Å². The number of fused-ring (bicyclic) bond motifs is 1. The maximum absolute atomic E-state index is 13.9. The number of thioether (sulfide) groups is 1. The van der Waals surface area contributed by atoms with Gasteiger partial charge >= 0.3 is 0 Å². The summed E-state index contributed by atoms with van der Waals surface area (Å²) >= 11 is 1.21. The van der Waals surface area contributed by atoms with Gasteiger partial charge in [-0.2, -0.15) is 0 Å². The van der Waals surface area contributed by atoms with E-state index in [-0.39, 0.29) is 18.2 Å². The van der Waals surface area contributed by atoms with E-state index in [1.54, 1.807) is 0 Å². The Hall–Kier alpha value is -3.85. The molecule has 0 spiro atoms. The highest BCUT2D eigenvalue weighted by molar-refractivity contribution is 7.99. The Morgan fingerprint density at radius 1 is 1.06 bits per heavy atom. The van der Waals surface area contributed by atoms with E-state index in [0.717, 1.165) is 28.9 Å². The number of nitrogens with zero attached hydrogens (tertiary/aromatic N) is 2. The SMILES string of the molecule is Cc1ccc(-n2cc(-c3ccc4c(c3)OCO4)nc2SCC(=O)Nc2ccc(F)cc2F)cc1. The van der Waals surface area contributed by atoms with Gasteiger partial charge in [-0.3, -0.25) is 9.36 Å². The molecule has 34 heavy (non-hydrogen) atoms. The van der Waals surface area contributed by atoms with Crippen molar-refractivity contribution < 1.29 is 23.0 Å². The van der Waals surface area contributed by atoms with Gasteiger partial charge < -0.3 is 14.8 Å². The highest BCUT2D eigenvalue weighted by Crippen LogP contribution is 2.36. The molecule has 0 radical (unpaired) electrons. The van der Waals surface area contributed by atoms with E-state index < -0.39 is 17.5 Å². The number of amides is 1. The quantitative estimate of drug-likeness (QED) is 0.366. The van der Waals surface area contributed by atoms with E-state index in [1.807, 2.05) is 60.2 Å². The highest BCUT2D eigenvalue weighted by atomic mass is 32.2. The second-order valence-electron chi connectivity index (χ2n) is 7.64. The summed E-state index contributed by atoms with van der Waals surface area (Å²) in [7, 11) is 0. The molecule has 172 valence electrons. The summed E-state index contributed by atoms with van der Waals surface area (Å²) in [5.74, 6) is -0.650. The Morgan fingerprint density at radius 2 is 1.85 bits per heavy atom. The second kappa shape index (κ2) is 9.18. The van der Waals surface area contributed by atoms with Crippen LogP contribution in [0, 0.1) is 18.6 Å². The number of anilines is 1. The number of hydrogen-bond donors (Lipinski definition) is 1. The minimum absolute atomic E-state index is 0.0136. The molecular weight excluding hydrogens is 460 g/mol. The summed E-state index contributed by atoms with van der Waals surface area (Å²) in [6, 6.07) is 16.5. The number of benzene rings is 3. The van der Waals surface area contributed by atoms with Crippen molar-refractivity contribution in [3.63, 3.8) is 0 Å². The molecule has 0 bridgehead atoms. The Kier molecular flexibility index (Phi) is 5.93. The lowest BCUT2D eigenvalue weighted by Crippen LogP contribution is -2.15. The molecule has 9 heteroatoms. The highest BCUT2D eigenvalue weighted by Gasteiger charge is 2.18. The first-order chi connectivity index (χ1) is 16.5. The summed E-state index contributed by atoms with van der Waals surface area (Å²) in [4.78, 5) is 17.2. The van der Waals surface area contributed by atoms with Crippen LogP contribution in [0.1, 0.15) is 5.56 Å². The molecule has 0 atom stereocenters. The molecule has 1 N–H and O–H groups in total. The van der Waals surface area contributed by atoms with Crippen LogP contribution in [-0.2, 0) is 4.79 Å². The normalized spacial score (nSPS) is 12.1. The number of imidazole rings is 1. The molecule has 5 rings (SSSR count). The van der Waals surface area contributed by atoms with Gasteiger partial charge in [-0.05, 0) is 49.4 Å². The van der Waals surface area contributed by atoms with Crippen LogP contribution < -0.4 is 14.8 Å². The summed E-state index contributed by atoms with van der Waals surface area (Å²) in [5, 5.41) is 3.06. The first-order valence-corrected chi connectivity index (χ1v) is 11.4. The fraction of sp³-hybridized carbons (Fsp3) is 0.120. The van der Waals surface area contributed by atoms with Gasteiger partial charge in [0.1, 0.15) is 11.6 Å². The maximum atomic E-state index is 13.9. The molecule has 2 heterocycles. The van der Waals surface area contributed by atoms with Crippen molar-refractivity contribution in [3.05, 3.63) is 84.1 Å². The van der Waals surface area contributed by atoms with Gasteiger partial charge in [0, 0.05) is 23.5 Å². The van der Waals surface area contributed by atoms with Gasteiger partial charge in [0.15, 0.2) is 16.7 Å². The average molecular weight is 480 g/mol. The van der Waals surface area contributed by atoms with E-state index in [2.05, 4.69) is 5.32 Å².